The second kappa shape index (κ2) is 5.72. The molecule has 3 atom stereocenters. The second-order valence-electron chi connectivity index (χ2n) is 5.49. The Kier molecular flexibility index (Phi) is 4.22. The van der Waals surface area contributed by atoms with Crippen LogP contribution in [0, 0.1) is 0 Å². The van der Waals surface area contributed by atoms with Gasteiger partial charge in [-0.1, -0.05) is 30.3 Å². The van der Waals surface area contributed by atoms with Crippen molar-refractivity contribution in [1.82, 2.24) is 15.1 Å². The Balaban J connectivity index is 2.11. The molecule has 4 nitrogen and oxygen atoms in total. The van der Waals surface area contributed by atoms with Crippen molar-refractivity contribution in [2.45, 2.75) is 32.1 Å². The first-order valence-electron chi connectivity index (χ1n) is 6.78. The molecule has 3 unspecified atom stereocenters. The molecule has 104 valence electrons. The van der Waals surface area contributed by atoms with Crippen molar-refractivity contribution in [3.8, 4) is 0 Å². The summed E-state index contributed by atoms with van der Waals surface area (Å²) in [6, 6.07) is 10.1. The SMILES string of the molecule is CC(CN1C(=O)C(c2ccccc2)NC1C)N(C)C. The van der Waals surface area contributed by atoms with Crippen LogP contribution in [0.5, 0.6) is 0 Å². The Labute approximate surface area is 115 Å². The third kappa shape index (κ3) is 2.96. The molecule has 0 bridgehead atoms. The van der Waals surface area contributed by atoms with Gasteiger partial charge in [-0.05, 0) is 33.5 Å². The molecule has 2 rings (SSSR count). The molecule has 1 saturated heterocycles. The van der Waals surface area contributed by atoms with Crippen molar-refractivity contribution >= 4 is 5.91 Å². The van der Waals surface area contributed by atoms with Gasteiger partial charge in [0.25, 0.3) is 0 Å². The third-order valence-corrected chi connectivity index (χ3v) is 3.88. The third-order valence-electron chi connectivity index (χ3n) is 3.88. The molecule has 1 fully saturated rings. The van der Waals surface area contributed by atoms with Gasteiger partial charge in [0.05, 0.1) is 6.17 Å². The fourth-order valence-electron chi connectivity index (χ4n) is 2.34. The van der Waals surface area contributed by atoms with Gasteiger partial charge in [-0.3, -0.25) is 10.1 Å². The average Bonchev–Trinajstić information content (AvgIpc) is 2.67. The summed E-state index contributed by atoms with van der Waals surface area (Å²) in [7, 11) is 4.08. The summed E-state index contributed by atoms with van der Waals surface area (Å²) in [5, 5.41) is 3.37. The highest BCUT2D eigenvalue weighted by Crippen LogP contribution is 2.24. The minimum absolute atomic E-state index is 0.0834. The number of likely N-dealkylation sites (N-methyl/N-ethyl adjacent to an activating group) is 1. The summed E-state index contributed by atoms with van der Waals surface area (Å²) in [6.45, 7) is 4.93. The molecule has 1 aromatic carbocycles. The second-order valence-corrected chi connectivity index (χ2v) is 5.49. The van der Waals surface area contributed by atoms with Crippen molar-refractivity contribution in [3.63, 3.8) is 0 Å². The van der Waals surface area contributed by atoms with E-state index in [1.807, 2.05) is 56.3 Å². The molecule has 1 aliphatic rings. The molecule has 1 heterocycles. The van der Waals surface area contributed by atoms with Gasteiger partial charge in [0.1, 0.15) is 6.04 Å². The molecule has 1 aromatic rings. The molecule has 4 heteroatoms. The lowest BCUT2D eigenvalue weighted by molar-refractivity contribution is -0.130. The molecule has 19 heavy (non-hydrogen) atoms. The lowest BCUT2D eigenvalue weighted by Gasteiger charge is -2.28. The van der Waals surface area contributed by atoms with Crippen LogP contribution in [0.2, 0.25) is 0 Å². The summed E-state index contributed by atoms with van der Waals surface area (Å²) >= 11 is 0. The standard InChI is InChI=1S/C15H23N3O/c1-11(17(3)4)10-18-12(2)16-14(15(18)19)13-8-6-5-7-9-13/h5-9,11-12,14,16H,10H2,1-4H3. The molecular formula is C15H23N3O. The van der Waals surface area contributed by atoms with Gasteiger partial charge in [0.15, 0.2) is 0 Å². The number of benzene rings is 1. The number of amides is 1. The fourth-order valence-corrected chi connectivity index (χ4v) is 2.34. The lowest BCUT2D eigenvalue weighted by Crippen LogP contribution is -2.43. The predicted octanol–water partition coefficient (Wildman–Crippen LogP) is 1.46. The Bertz CT molecular complexity index is 432. The van der Waals surface area contributed by atoms with Gasteiger partial charge in [-0.15, -0.1) is 0 Å². The van der Waals surface area contributed by atoms with Crippen molar-refractivity contribution in [1.29, 1.82) is 0 Å². The van der Waals surface area contributed by atoms with E-state index in [2.05, 4.69) is 17.1 Å². The maximum Gasteiger partial charge on any atom is 0.245 e. The number of hydrogen-bond donors (Lipinski definition) is 1. The number of carbonyl (C=O) groups excluding carboxylic acids is 1. The average molecular weight is 261 g/mol. The van der Waals surface area contributed by atoms with Crippen LogP contribution >= 0.6 is 0 Å². The van der Waals surface area contributed by atoms with E-state index >= 15 is 0 Å². The van der Waals surface area contributed by atoms with Crippen molar-refractivity contribution < 1.29 is 4.79 Å². The lowest BCUT2D eigenvalue weighted by atomic mass is 10.1. The minimum Gasteiger partial charge on any atom is -0.324 e. The van der Waals surface area contributed by atoms with Crippen molar-refractivity contribution in [2.24, 2.45) is 0 Å². The van der Waals surface area contributed by atoms with Gasteiger partial charge in [-0.25, -0.2) is 0 Å². The highest BCUT2D eigenvalue weighted by atomic mass is 16.2. The van der Waals surface area contributed by atoms with Crippen LogP contribution in [0.25, 0.3) is 0 Å². The Morgan fingerprint density at radius 3 is 2.53 bits per heavy atom. The van der Waals surface area contributed by atoms with Crippen LogP contribution in [0.1, 0.15) is 25.5 Å². The van der Waals surface area contributed by atoms with Gasteiger partial charge < -0.3 is 9.80 Å². The molecule has 0 aromatic heterocycles. The number of nitrogens with zero attached hydrogens (tertiary/aromatic N) is 2. The fraction of sp³-hybridized carbons (Fsp3) is 0.533. The van der Waals surface area contributed by atoms with E-state index in [1.54, 1.807) is 0 Å². The normalized spacial score (nSPS) is 25.1. The van der Waals surface area contributed by atoms with Crippen LogP contribution in [-0.4, -0.2) is 48.6 Å². The quantitative estimate of drug-likeness (QED) is 0.891. The highest BCUT2D eigenvalue weighted by molar-refractivity contribution is 5.85. The van der Waals surface area contributed by atoms with E-state index < -0.39 is 0 Å². The van der Waals surface area contributed by atoms with E-state index in [4.69, 9.17) is 0 Å². The van der Waals surface area contributed by atoms with E-state index in [0.29, 0.717) is 6.04 Å². The van der Waals surface area contributed by atoms with Crippen LogP contribution in [0.15, 0.2) is 30.3 Å². The van der Waals surface area contributed by atoms with Gasteiger partial charge in [0, 0.05) is 12.6 Å². The highest BCUT2D eigenvalue weighted by Gasteiger charge is 2.37. The van der Waals surface area contributed by atoms with E-state index in [1.165, 1.54) is 0 Å². The Morgan fingerprint density at radius 2 is 1.95 bits per heavy atom. The first-order valence-corrected chi connectivity index (χ1v) is 6.78. The van der Waals surface area contributed by atoms with Crippen LogP contribution in [0.4, 0.5) is 0 Å². The van der Waals surface area contributed by atoms with Gasteiger partial charge in [0.2, 0.25) is 5.91 Å². The zero-order valence-corrected chi connectivity index (χ0v) is 12.1. The number of nitrogens with one attached hydrogen (secondary N) is 1. The van der Waals surface area contributed by atoms with Crippen molar-refractivity contribution in [2.75, 3.05) is 20.6 Å². The molecule has 0 radical (unpaired) electrons. The first kappa shape index (κ1) is 14.0. The minimum atomic E-state index is -0.203. The zero-order valence-electron chi connectivity index (χ0n) is 12.1. The summed E-state index contributed by atoms with van der Waals surface area (Å²) in [4.78, 5) is 16.6. The van der Waals surface area contributed by atoms with E-state index in [9.17, 15) is 4.79 Å². The topological polar surface area (TPSA) is 35.6 Å². The molecule has 0 aliphatic carbocycles. The molecule has 1 aliphatic heterocycles. The molecule has 1 N–H and O–H groups in total. The number of rotatable bonds is 4. The maximum absolute atomic E-state index is 12.5. The van der Waals surface area contributed by atoms with Crippen LogP contribution < -0.4 is 5.32 Å². The number of hydrogen-bond acceptors (Lipinski definition) is 3. The Morgan fingerprint density at radius 1 is 1.32 bits per heavy atom. The zero-order chi connectivity index (χ0) is 14.0. The molecule has 0 spiro atoms. The van der Waals surface area contributed by atoms with E-state index in [-0.39, 0.29) is 18.1 Å². The largest absolute Gasteiger partial charge is 0.324 e. The summed E-state index contributed by atoms with van der Waals surface area (Å²) in [5.74, 6) is 0.174. The summed E-state index contributed by atoms with van der Waals surface area (Å²) < 4.78 is 0. The summed E-state index contributed by atoms with van der Waals surface area (Å²) in [6.07, 6.45) is 0.0834. The van der Waals surface area contributed by atoms with Crippen molar-refractivity contribution in [3.05, 3.63) is 35.9 Å². The van der Waals surface area contributed by atoms with Gasteiger partial charge in [-0.2, -0.15) is 0 Å². The Hall–Kier alpha value is -1.39. The molecule has 1 amide bonds. The molecular weight excluding hydrogens is 238 g/mol. The first-order chi connectivity index (χ1) is 9.00. The monoisotopic (exact) mass is 261 g/mol. The van der Waals surface area contributed by atoms with E-state index in [0.717, 1.165) is 12.1 Å². The summed E-state index contributed by atoms with van der Waals surface area (Å²) in [5.41, 5.74) is 1.04. The molecule has 0 saturated carbocycles. The van der Waals surface area contributed by atoms with Gasteiger partial charge >= 0.3 is 0 Å². The predicted molar refractivity (Wildman–Crippen MR) is 76.6 cm³/mol. The van der Waals surface area contributed by atoms with Crippen LogP contribution in [-0.2, 0) is 4.79 Å². The van der Waals surface area contributed by atoms with Crippen LogP contribution in [0.3, 0.4) is 0 Å². The number of carbonyl (C=O) groups is 1. The maximum atomic E-state index is 12.5. The smallest absolute Gasteiger partial charge is 0.245 e.